The molecule has 3 heterocycles. The quantitative estimate of drug-likeness (QED) is 0.803. The molecule has 1 atom stereocenters. The van der Waals surface area contributed by atoms with Gasteiger partial charge in [-0.1, -0.05) is 12.1 Å². The first-order valence-electron chi connectivity index (χ1n) is 8.08. The van der Waals surface area contributed by atoms with Gasteiger partial charge in [-0.2, -0.15) is 0 Å². The van der Waals surface area contributed by atoms with Crippen molar-refractivity contribution >= 4 is 16.5 Å². The Hall–Kier alpha value is -2.46. The number of hydrogen-bond acceptors (Lipinski definition) is 4. The van der Waals surface area contributed by atoms with Gasteiger partial charge in [-0.15, -0.1) is 0 Å². The Morgan fingerprint density at radius 2 is 2.00 bits per heavy atom. The van der Waals surface area contributed by atoms with E-state index in [0.717, 1.165) is 19.6 Å². The predicted octanol–water partition coefficient (Wildman–Crippen LogP) is 3.32. The third-order valence-corrected chi connectivity index (χ3v) is 4.41. The van der Waals surface area contributed by atoms with Gasteiger partial charge in [-0.05, 0) is 41.6 Å². The molecule has 23 heavy (non-hydrogen) atoms. The zero-order chi connectivity index (χ0) is 15.5. The van der Waals surface area contributed by atoms with Crippen molar-refractivity contribution in [1.82, 2.24) is 14.9 Å². The van der Waals surface area contributed by atoms with Gasteiger partial charge in [0.1, 0.15) is 0 Å². The average Bonchev–Trinajstić information content (AvgIpc) is 3.02. The Labute approximate surface area is 136 Å². The van der Waals surface area contributed by atoms with E-state index in [-0.39, 0.29) is 0 Å². The highest BCUT2D eigenvalue weighted by Gasteiger charge is 2.22. The molecule has 4 heteroatoms. The van der Waals surface area contributed by atoms with Crippen LogP contribution in [0.5, 0.6) is 0 Å². The van der Waals surface area contributed by atoms with Crippen LogP contribution in [0, 0.1) is 0 Å². The lowest BCUT2D eigenvalue weighted by Crippen LogP contribution is -2.25. The normalized spacial score (nSPS) is 18.3. The highest BCUT2D eigenvalue weighted by molar-refractivity contribution is 5.84. The van der Waals surface area contributed by atoms with Crippen molar-refractivity contribution in [3.8, 4) is 0 Å². The molecule has 1 aliphatic rings. The van der Waals surface area contributed by atoms with E-state index in [4.69, 9.17) is 0 Å². The second-order valence-electron chi connectivity index (χ2n) is 6.16. The van der Waals surface area contributed by atoms with E-state index in [2.05, 4.69) is 50.5 Å². The number of aromatic nitrogens is 2. The Kier molecular flexibility index (Phi) is 3.90. The molecule has 1 aliphatic heterocycles. The lowest BCUT2D eigenvalue weighted by atomic mass is 10.1. The van der Waals surface area contributed by atoms with Crippen LogP contribution in [0.1, 0.15) is 12.0 Å². The maximum atomic E-state index is 4.20. The largest absolute Gasteiger partial charge is 0.381 e. The number of hydrogen-bond donors (Lipinski definition) is 1. The molecule has 0 radical (unpaired) electrons. The summed E-state index contributed by atoms with van der Waals surface area (Å²) in [6.07, 6.45) is 8.71. The maximum absolute atomic E-state index is 4.20. The van der Waals surface area contributed by atoms with Gasteiger partial charge >= 0.3 is 0 Å². The first-order chi connectivity index (χ1) is 11.4. The van der Waals surface area contributed by atoms with E-state index < -0.39 is 0 Å². The van der Waals surface area contributed by atoms with Crippen molar-refractivity contribution in [2.75, 3.05) is 18.4 Å². The van der Waals surface area contributed by atoms with Crippen LogP contribution in [0.15, 0.2) is 61.2 Å². The summed E-state index contributed by atoms with van der Waals surface area (Å²) in [5.74, 6) is 0. The molecule has 4 nitrogen and oxygen atoms in total. The second-order valence-corrected chi connectivity index (χ2v) is 6.16. The van der Waals surface area contributed by atoms with Gasteiger partial charge in [0.2, 0.25) is 0 Å². The molecule has 1 aromatic carbocycles. The molecule has 3 aromatic rings. The van der Waals surface area contributed by atoms with Crippen LogP contribution in [0.25, 0.3) is 10.8 Å². The first kappa shape index (κ1) is 14.2. The molecule has 1 unspecified atom stereocenters. The number of anilines is 1. The zero-order valence-corrected chi connectivity index (χ0v) is 13.0. The van der Waals surface area contributed by atoms with Crippen molar-refractivity contribution in [3.63, 3.8) is 0 Å². The van der Waals surface area contributed by atoms with Crippen molar-refractivity contribution in [2.24, 2.45) is 0 Å². The van der Waals surface area contributed by atoms with Gasteiger partial charge in [0.25, 0.3) is 0 Å². The Bertz CT molecular complexity index is 787. The number of pyridine rings is 2. The van der Waals surface area contributed by atoms with E-state index in [1.54, 1.807) is 0 Å². The number of nitrogens with zero attached hydrogens (tertiary/aromatic N) is 3. The number of likely N-dealkylation sites (tertiary alicyclic amines) is 1. The second kappa shape index (κ2) is 6.34. The van der Waals surface area contributed by atoms with Crippen LogP contribution in [-0.2, 0) is 6.54 Å². The highest BCUT2D eigenvalue weighted by Crippen LogP contribution is 2.21. The van der Waals surface area contributed by atoms with E-state index in [1.165, 1.54) is 28.4 Å². The lowest BCUT2D eigenvalue weighted by Gasteiger charge is -2.17. The minimum Gasteiger partial charge on any atom is -0.381 e. The van der Waals surface area contributed by atoms with Gasteiger partial charge in [-0.25, -0.2) is 0 Å². The lowest BCUT2D eigenvalue weighted by molar-refractivity contribution is 0.328. The smallest absolute Gasteiger partial charge is 0.0400 e. The summed E-state index contributed by atoms with van der Waals surface area (Å²) in [5, 5.41) is 6.09. The zero-order valence-electron chi connectivity index (χ0n) is 13.0. The summed E-state index contributed by atoms with van der Waals surface area (Å²) in [5.41, 5.74) is 2.48. The van der Waals surface area contributed by atoms with Crippen LogP contribution in [0.2, 0.25) is 0 Å². The van der Waals surface area contributed by atoms with Gasteiger partial charge in [0, 0.05) is 61.5 Å². The summed E-state index contributed by atoms with van der Waals surface area (Å²) in [6.45, 7) is 3.18. The van der Waals surface area contributed by atoms with Crippen LogP contribution < -0.4 is 5.32 Å². The fourth-order valence-corrected chi connectivity index (χ4v) is 3.25. The molecule has 0 amide bonds. The molecule has 4 rings (SSSR count). The molecule has 1 saturated heterocycles. The highest BCUT2D eigenvalue weighted by atomic mass is 15.2. The summed E-state index contributed by atoms with van der Waals surface area (Å²) in [4.78, 5) is 10.8. The fraction of sp³-hybridized carbons (Fsp3) is 0.263. The SMILES string of the molecule is c1cncc(CN2CCC(Nc3ccc4cnccc4c3)C2)c1. The molecule has 0 spiro atoms. The maximum Gasteiger partial charge on any atom is 0.0400 e. The number of fused-ring (bicyclic) bond motifs is 1. The molecule has 2 aromatic heterocycles. The molecule has 0 aliphatic carbocycles. The third-order valence-electron chi connectivity index (χ3n) is 4.41. The number of nitrogens with one attached hydrogen (secondary N) is 1. The minimum absolute atomic E-state index is 0.506. The summed E-state index contributed by atoms with van der Waals surface area (Å²) in [6, 6.07) is 13.2. The summed E-state index contributed by atoms with van der Waals surface area (Å²) in [7, 11) is 0. The Morgan fingerprint density at radius 3 is 2.91 bits per heavy atom. The van der Waals surface area contributed by atoms with Gasteiger partial charge in [0.05, 0.1) is 0 Å². The topological polar surface area (TPSA) is 41.1 Å². The van der Waals surface area contributed by atoms with Gasteiger partial charge in [0.15, 0.2) is 0 Å². The molecule has 1 fully saturated rings. The van der Waals surface area contributed by atoms with E-state index >= 15 is 0 Å². The summed E-state index contributed by atoms with van der Waals surface area (Å²) < 4.78 is 0. The predicted molar refractivity (Wildman–Crippen MR) is 93.3 cm³/mol. The van der Waals surface area contributed by atoms with Crippen LogP contribution in [0.4, 0.5) is 5.69 Å². The molecule has 0 saturated carbocycles. The summed E-state index contributed by atoms with van der Waals surface area (Å²) >= 11 is 0. The third kappa shape index (κ3) is 3.32. The number of rotatable bonds is 4. The fourth-order valence-electron chi connectivity index (χ4n) is 3.25. The molecule has 116 valence electrons. The van der Waals surface area contributed by atoms with E-state index in [9.17, 15) is 0 Å². The molecular weight excluding hydrogens is 284 g/mol. The monoisotopic (exact) mass is 304 g/mol. The number of benzene rings is 1. The van der Waals surface area contributed by atoms with Crippen molar-refractivity contribution in [2.45, 2.75) is 19.0 Å². The van der Waals surface area contributed by atoms with Gasteiger partial charge < -0.3 is 5.32 Å². The van der Waals surface area contributed by atoms with Crippen molar-refractivity contribution < 1.29 is 0 Å². The van der Waals surface area contributed by atoms with Crippen molar-refractivity contribution in [1.29, 1.82) is 0 Å². The van der Waals surface area contributed by atoms with Crippen LogP contribution in [0.3, 0.4) is 0 Å². The average molecular weight is 304 g/mol. The van der Waals surface area contributed by atoms with Crippen molar-refractivity contribution in [3.05, 3.63) is 66.7 Å². The minimum atomic E-state index is 0.506. The molecule has 0 bridgehead atoms. The molecule has 1 N–H and O–H groups in total. The van der Waals surface area contributed by atoms with Crippen LogP contribution >= 0.6 is 0 Å². The first-order valence-corrected chi connectivity index (χ1v) is 8.08. The van der Waals surface area contributed by atoms with E-state index in [0.29, 0.717) is 6.04 Å². The standard InChI is InChI=1S/C19H20N4/c1-2-15(11-20-7-1)13-23-9-6-19(14-23)22-18-4-3-17-12-21-8-5-16(17)10-18/h1-5,7-8,10-12,19,22H,6,9,13-14H2. The van der Waals surface area contributed by atoms with Gasteiger partial charge in [-0.3, -0.25) is 14.9 Å². The van der Waals surface area contributed by atoms with Crippen LogP contribution in [-0.4, -0.2) is 34.0 Å². The Morgan fingerprint density at radius 1 is 1.04 bits per heavy atom. The molecular formula is C19H20N4. The van der Waals surface area contributed by atoms with E-state index in [1.807, 2.05) is 30.9 Å². The Balaban J connectivity index is 1.39.